The highest BCUT2D eigenvalue weighted by molar-refractivity contribution is 5.17. The van der Waals surface area contributed by atoms with E-state index in [9.17, 15) is 0 Å². The molecule has 0 aliphatic heterocycles. The SMILES string of the molecule is CCCCCn1nc(C2CC2)cc1C. The van der Waals surface area contributed by atoms with Crippen molar-refractivity contribution in [2.45, 2.75) is 58.4 Å². The monoisotopic (exact) mass is 192 g/mol. The molecule has 2 heteroatoms. The maximum Gasteiger partial charge on any atom is 0.0658 e. The standard InChI is InChI=1S/C12H20N2/c1-3-4-5-8-14-10(2)9-12(13-14)11-6-7-11/h9,11H,3-8H2,1-2H3. The minimum atomic E-state index is 0.793. The van der Waals surface area contributed by atoms with E-state index in [1.54, 1.807) is 0 Å². The molecular weight excluding hydrogens is 172 g/mol. The molecular formula is C12H20N2. The number of rotatable bonds is 5. The van der Waals surface area contributed by atoms with Crippen LogP contribution in [0.3, 0.4) is 0 Å². The molecule has 1 aliphatic rings. The van der Waals surface area contributed by atoms with Gasteiger partial charge in [0.25, 0.3) is 0 Å². The summed E-state index contributed by atoms with van der Waals surface area (Å²) < 4.78 is 2.18. The summed E-state index contributed by atoms with van der Waals surface area (Å²) in [5.41, 5.74) is 2.67. The van der Waals surface area contributed by atoms with Crippen molar-refractivity contribution in [3.8, 4) is 0 Å². The molecule has 1 fully saturated rings. The molecule has 78 valence electrons. The number of unbranched alkanes of at least 4 members (excludes halogenated alkanes) is 2. The topological polar surface area (TPSA) is 17.8 Å². The van der Waals surface area contributed by atoms with Crippen molar-refractivity contribution < 1.29 is 0 Å². The molecule has 1 aromatic heterocycles. The Labute approximate surface area is 86.3 Å². The Balaban J connectivity index is 1.94. The summed E-state index contributed by atoms with van der Waals surface area (Å²) in [6.45, 7) is 5.52. The number of hydrogen-bond acceptors (Lipinski definition) is 1. The van der Waals surface area contributed by atoms with Crippen LogP contribution in [0.1, 0.15) is 56.3 Å². The van der Waals surface area contributed by atoms with E-state index in [0.717, 1.165) is 12.5 Å². The third-order valence-corrected chi connectivity index (χ3v) is 2.97. The minimum Gasteiger partial charge on any atom is -0.270 e. The Kier molecular flexibility index (Phi) is 2.90. The van der Waals surface area contributed by atoms with Gasteiger partial charge in [0, 0.05) is 18.2 Å². The van der Waals surface area contributed by atoms with Crippen molar-refractivity contribution in [2.75, 3.05) is 0 Å². The largest absolute Gasteiger partial charge is 0.270 e. The van der Waals surface area contributed by atoms with Gasteiger partial charge in [-0.05, 0) is 32.3 Å². The summed E-state index contributed by atoms with van der Waals surface area (Å²) in [5, 5.41) is 4.66. The molecule has 0 unspecified atom stereocenters. The van der Waals surface area contributed by atoms with Crippen LogP contribution in [-0.2, 0) is 6.54 Å². The fourth-order valence-electron chi connectivity index (χ4n) is 1.85. The number of nitrogens with zero attached hydrogens (tertiary/aromatic N) is 2. The lowest BCUT2D eigenvalue weighted by Gasteiger charge is -2.02. The number of hydrogen-bond donors (Lipinski definition) is 0. The van der Waals surface area contributed by atoms with Crippen molar-refractivity contribution in [2.24, 2.45) is 0 Å². The smallest absolute Gasteiger partial charge is 0.0658 e. The van der Waals surface area contributed by atoms with Crippen LogP contribution in [0.25, 0.3) is 0 Å². The van der Waals surface area contributed by atoms with E-state index in [4.69, 9.17) is 0 Å². The van der Waals surface area contributed by atoms with Crippen LogP contribution in [0, 0.1) is 6.92 Å². The van der Waals surface area contributed by atoms with Crippen molar-refractivity contribution in [3.05, 3.63) is 17.5 Å². The van der Waals surface area contributed by atoms with Crippen LogP contribution >= 0.6 is 0 Å². The maximum absolute atomic E-state index is 4.66. The Morgan fingerprint density at radius 2 is 2.21 bits per heavy atom. The van der Waals surface area contributed by atoms with Gasteiger partial charge < -0.3 is 0 Å². The highest BCUT2D eigenvalue weighted by Gasteiger charge is 2.26. The molecule has 14 heavy (non-hydrogen) atoms. The van der Waals surface area contributed by atoms with Gasteiger partial charge in [-0.15, -0.1) is 0 Å². The number of aromatic nitrogens is 2. The Morgan fingerprint density at radius 3 is 2.86 bits per heavy atom. The molecule has 1 aliphatic carbocycles. The lowest BCUT2D eigenvalue weighted by Crippen LogP contribution is -2.02. The van der Waals surface area contributed by atoms with Crippen molar-refractivity contribution >= 4 is 0 Å². The zero-order chi connectivity index (χ0) is 9.97. The highest BCUT2D eigenvalue weighted by atomic mass is 15.3. The summed E-state index contributed by atoms with van der Waals surface area (Å²) in [5.74, 6) is 0.793. The summed E-state index contributed by atoms with van der Waals surface area (Å²) in [6, 6.07) is 2.27. The van der Waals surface area contributed by atoms with Crippen LogP contribution in [0.15, 0.2) is 6.07 Å². The predicted octanol–water partition coefficient (Wildman–Crippen LogP) is 3.26. The summed E-state index contributed by atoms with van der Waals surface area (Å²) in [7, 11) is 0. The van der Waals surface area contributed by atoms with Crippen LogP contribution in [-0.4, -0.2) is 9.78 Å². The van der Waals surface area contributed by atoms with Crippen LogP contribution in [0.2, 0.25) is 0 Å². The van der Waals surface area contributed by atoms with Crippen molar-refractivity contribution in [1.29, 1.82) is 0 Å². The number of aryl methyl sites for hydroxylation is 2. The molecule has 0 radical (unpaired) electrons. The first-order chi connectivity index (χ1) is 6.81. The summed E-state index contributed by atoms with van der Waals surface area (Å²) in [4.78, 5) is 0. The van der Waals surface area contributed by atoms with Crippen molar-refractivity contribution in [3.63, 3.8) is 0 Å². The predicted molar refractivity (Wildman–Crippen MR) is 58.5 cm³/mol. The third kappa shape index (κ3) is 2.17. The zero-order valence-electron chi connectivity index (χ0n) is 9.29. The molecule has 2 rings (SSSR count). The fourth-order valence-corrected chi connectivity index (χ4v) is 1.85. The Morgan fingerprint density at radius 1 is 1.43 bits per heavy atom. The molecule has 2 nitrogen and oxygen atoms in total. The average molecular weight is 192 g/mol. The van der Waals surface area contributed by atoms with Crippen LogP contribution in [0.4, 0.5) is 0 Å². The minimum absolute atomic E-state index is 0.793. The molecule has 1 aromatic rings. The summed E-state index contributed by atoms with van der Waals surface area (Å²) >= 11 is 0. The van der Waals surface area contributed by atoms with E-state index >= 15 is 0 Å². The molecule has 1 heterocycles. The van der Waals surface area contributed by atoms with Gasteiger partial charge in [-0.3, -0.25) is 4.68 Å². The van der Waals surface area contributed by atoms with E-state index < -0.39 is 0 Å². The van der Waals surface area contributed by atoms with E-state index in [-0.39, 0.29) is 0 Å². The van der Waals surface area contributed by atoms with Gasteiger partial charge in [-0.25, -0.2) is 0 Å². The second kappa shape index (κ2) is 4.16. The first kappa shape index (κ1) is 9.75. The van der Waals surface area contributed by atoms with Gasteiger partial charge in [-0.2, -0.15) is 5.10 Å². The molecule has 1 saturated carbocycles. The van der Waals surface area contributed by atoms with E-state index in [2.05, 4.69) is 29.7 Å². The molecule has 0 atom stereocenters. The third-order valence-electron chi connectivity index (χ3n) is 2.97. The first-order valence-corrected chi connectivity index (χ1v) is 5.85. The van der Waals surface area contributed by atoms with Gasteiger partial charge in [0.15, 0.2) is 0 Å². The summed E-state index contributed by atoms with van der Waals surface area (Å²) in [6.07, 6.45) is 6.58. The van der Waals surface area contributed by atoms with Crippen LogP contribution < -0.4 is 0 Å². The van der Waals surface area contributed by atoms with Gasteiger partial charge in [-0.1, -0.05) is 19.8 Å². The normalized spacial score (nSPS) is 16.1. The van der Waals surface area contributed by atoms with E-state index in [1.807, 2.05) is 0 Å². The first-order valence-electron chi connectivity index (χ1n) is 5.85. The van der Waals surface area contributed by atoms with Gasteiger partial charge >= 0.3 is 0 Å². The molecule has 0 bridgehead atoms. The molecule has 0 saturated heterocycles. The maximum atomic E-state index is 4.66. The molecule has 0 aromatic carbocycles. The van der Waals surface area contributed by atoms with Crippen LogP contribution in [0.5, 0.6) is 0 Å². The fraction of sp³-hybridized carbons (Fsp3) is 0.750. The Bertz CT molecular complexity index is 297. The van der Waals surface area contributed by atoms with Gasteiger partial charge in [0.05, 0.1) is 5.69 Å². The lowest BCUT2D eigenvalue weighted by molar-refractivity contribution is 0.538. The second-order valence-corrected chi connectivity index (χ2v) is 4.42. The molecule has 0 N–H and O–H groups in total. The zero-order valence-corrected chi connectivity index (χ0v) is 9.29. The van der Waals surface area contributed by atoms with E-state index in [0.29, 0.717) is 0 Å². The van der Waals surface area contributed by atoms with Gasteiger partial charge in [0.1, 0.15) is 0 Å². The van der Waals surface area contributed by atoms with E-state index in [1.165, 1.54) is 43.5 Å². The Hall–Kier alpha value is -0.790. The second-order valence-electron chi connectivity index (χ2n) is 4.42. The molecule has 0 amide bonds. The van der Waals surface area contributed by atoms with Crippen molar-refractivity contribution in [1.82, 2.24) is 9.78 Å². The quantitative estimate of drug-likeness (QED) is 0.655. The van der Waals surface area contributed by atoms with Gasteiger partial charge in [0.2, 0.25) is 0 Å². The molecule has 0 spiro atoms. The highest BCUT2D eigenvalue weighted by Crippen LogP contribution is 2.39. The lowest BCUT2D eigenvalue weighted by atomic mass is 10.2. The average Bonchev–Trinajstić information content (AvgIpc) is 2.94.